The van der Waals surface area contributed by atoms with Crippen molar-refractivity contribution in [3.63, 3.8) is 0 Å². The minimum atomic E-state index is -1.02. The molecule has 1 aromatic heterocycles. The molecule has 0 radical (unpaired) electrons. The van der Waals surface area contributed by atoms with Crippen molar-refractivity contribution in [1.82, 2.24) is 4.98 Å². The first-order chi connectivity index (χ1) is 19.3. The van der Waals surface area contributed by atoms with E-state index in [1.54, 1.807) is 55.5 Å². The van der Waals surface area contributed by atoms with E-state index in [1.807, 2.05) is 13.8 Å². The van der Waals surface area contributed by atoms with Crippen LogP contribution in [0, 0.1) is 6.92 Å². The number of anilines is 1. The maximum absolute atomic E-state index is 13.5. The first kappa shape index (κ1) is 28.6. The number of carbonyl (C=O) groups is 3. The van der Waals surface area contributed by atoms with Crippen molar-refractivity contribution in [2.45, 2.75) is 33.2 Å². The number of esters is 1. The van der Waals surface area contributed by atoms with Gasteiger partial charge < -0.3 is 19.3 Å². The normalized spacial score (nSPS) is 16.2. The minimum Gasteiger partial charge on any atom is -0.507 e. The van der Waals surface area contributed by atoms with Crippen molar-refractivity contribution >= 4 is 39.9 Å². The van der Waals surface area contributed by atoms with Crippen molar-refractivity contribution in [2.24, 2.45) is 0 Å². The molecule has 10 heteroatoms. The molecule has 0 aliphatic carbocycles. The van der Waals surface area contributed by atoms with Gasteiger partial charge in [-0.3, -0.25) is 14.5 Å². The topological polar surface area (TPSA) is 115 Å². The summed E-state index contributed by atoms with van der Waals surface area (Å²) in [4.78, 5) is 45.4. The molecule has 0 bridgehead atoms. The Morgan fingerprint density at radius 2 is 1.88 bits per heavy atom. The molecule has 40 heavy (non-hydrogen) atoms. The fourth-order valence-electron chi connectivity index (χ4n) is 4.24. The van der Waals surface area contributed by atoms with Crippen LogP contribution in [0.2, 0.25) is 0 Å². The van der Waals surface area contributed by atoms with Crippen molar-refractivity contribution in [1.29, 1.82) is 0 Å². The van der Waals surface area contributed by atoms with Crippen LogP contribution in [0.3, 0.4) is 0 Å². The van der Waals surface area contributed by atoms with Gasteiger partial charge in [-0.1, -0.05) is 55.2 Å². The summed E-state index contributed by atoms with van der Waals surface area (Å²) in [6.45, 7) is 9.98. The summed E-state index contributed by atoms with van der Waals surface area (Å²) in [7, 11) is 0. The van der Waals surface area contributed by atoms with Gasteiger partial charge >= 0.3 is 11.9 Å². The third kappa shape index (κ3) is 5.76. The van der Waals surface area contributed by atoms with Crippen molar-refractivity contribution in [2.75, 3.05) is 24.7 Å². The number of hydrogen-bond acceptors (Lipinski definition) is 9. The smallest absolute Gasteiger partial charge is 0.350 e. The second-order valence-electron chi connectivity index (χ2n) is 8.85. The van der Waals surface area contributed by atoms with Gasteiger partial charge in [0.1, 0.15) is 28.7 Å². The highest BCUT2D eigenvalue weighted by Gasteiger charge is 2.48. The largest absolute Gasteiger partial charge is 0.507 e. The van der Waals surface area contributed by atoms with Crippen molar-refractivity contribution in [3.05, 3.63) is 88.5 Å². The molecule has 1 aliphatic heterocycles. The van der Waals surface area contributed by atoms with E-state index in [1.165, 1.54) is 11.0 Å². The second kappa shape index (κ2) is 12.6. The number of amides is 1. The highest BCUT2D eigenvalue weighted by atomic mass is 32.1. The maximum atomic E-state index is 13.5. The third-order valence-corrected chi connectivity index (χ3v) is 7.18. The molecule has 9 nitrogen and oxygen atoms in total. The second-order valence-corrected chi connectivity index (χ2v) is 9.82. The van der Waals surface area contributed by atoms with Crippen LogP contribution in [0.4, 0.5) is 5.13 Å². The Kier molecular flexibility index (Phi) is 9.00. The Morgan fingerprint density at radius 3 is 2.55 bits per heavy atom. The maximum Gasteiger partial charge on any atom is 0.350 e. The molecule has 1 saturated heterocycles. The molecule has 1 atom stereocenters. The van der Waals surface area contributed by atoms with Gasteiger partial charge in [0.05, 0.1) is 30.5 Å². The Bertz CT molecular complexity index is 1460. The number of ether oxygens (including phenoxy) is 3. The number of aliphatic hydroxyl groups is 1. The number of rotatable bonds is 11. The van der Waals surface area contributed by atoms with Gasteiger partial charge in [0.15, 0.2) is 5.13 Å². The Morgan fingerprint density at radius 1 is 1.12 bits per heavy atom. The van der Waals surface area contributed by atoms with Crippen LogP contribution in [0.15, 0.2) is 66.8 Å². The van der Waals surface area contributed by atoms with Crippen LogP contribution in [0.1, 0.15) is 52.8 Å². The summed E-state index contributed by atoms with van der Waals surface area (Å²) in [6.07, 6.45) is 2.25. The first-order valence-corrected chi connectivity index (χ1v) is 13.6. The fraction of sp³-hybridized carbons (Fsp3) is 0.267. The number of aromatic nitrogens is 1. The molecule has 2 heterocycles. The summed E-state index contributed by atoms with van der Waals surface area (Å²) < 4.78 is 16.4. The van der Waals surface area contributed by atoms with Crippen LogP contribution < -0.4 is 14.4 Å². The fourth-order valence-corrected chi connectivity index (χ4v) is 5.23. The Hall–Kier alpha value is -4.44. The SMILES string of the molecule is C=CCOC(=O)c1sc(N2C(=O)C(=O)/C(=C(/O)c3cccc(OCCC)c3)C2c2ccc(OCC)cc2)nc1C. The Labute approximate surface area is 236 Å². The van der Waals surface area contributed by atoms with Gasteiger partial charge in [-0.05, 0) is 50.1 Å². The van der Waals surface area contributed by atoms with E-state index in [0.29, 0.717) is 41.5 Å². The number of Topliss-reactive ketones (excluding diaryl/α,β-unsaturated/α-hetero) is 1. The standard InChI is InChI=1S/C30H30N2O7S/c1-5-15-38-22-10-8-9-20(17-22)25(33)23-24(19-11-13-21(14-12-19)37-7-3)32(28(35)26(23)34)30-31-18(4)27(40-30)29(36)39-16-6-2/h6,8-14,17,24,33H,2,5,7,15-16H2,1,3-4H3/b25-23+. The van der Waals surface area contributed by atoms with Gasteiger partial charge in [-0.2, -0.15) is 0 Å². The summed E-state index contributed by atoms with van der Waals surface area (Å²) in [5, 5.41) is 11.6. The van der Waals surface area contributed by atoms with Crippen molar-refractivity contribution in [3.8, 4) is 11.5 Å². The van der Waals surface area contributed by atoms with E-state index < -0.39 is 23.7 Å². The highest BCUT2D eigenvalue weighted by molar-refractivity contribution is 7.17. The zero-order chi connectivity index (χ0) is 28.8. The first-order valence-electron chi connectivity index (χ1n) is 12.8. The summed E-state index contributed by atoms with van der Waals surface area (Å²) >= 11 is 0.936. The van der Waals surface area contributed by atoms with Gasteiger partial charge in [-0.15, -0.1) is 0 Å². The van der Waals surface area contributed by atoms with E-state index in [9.17, 15) is 19.5 Å². The predicted molar refractivity (Wildman–Crippen MR) is 152 cm³/mol. The Balaban J connectivity index is 1.85. The van der Waals surface area contributed by atoms with Crippen molar-refractivity contribution < 1.29 is 33.7 Å². The number of ketones is 1. The number of thiazole rings is 1. The van der Waals surface area contributed by atoms with Crippen LogP contribution >= 0.6 is 11.3 Å². The summed E-state index contributed by atoms with van der Waals surface area (Å²) in [5.41, 5.74) is 1.12. The van der Waals surface area contributed by atoms with E-state index in [-0.39, 0.29) is 27.9 Å². The minimum absolute atomic E-state index is 0.0171. The van der Waals surface area contributed by atoms with Crippen LogP contribution in [-0.2, 0) is 14.3 Å². The molecule has 1 unspecified atom stereocenters. The quantitative estimate of drug-likeness (QED) is 0.105. The number of aryl methyl sites for hydroxylation is 1. The predicted octanol–water partition coefficient (Wildman–Crippen LogP) is 5.61. The molecule has 208 valence electrons. The number of benzene rings is 2. The van der Waals surface area contributed by atoms with Crippen LogP contribution in [0.25, 0.3) is 5.76 Å². The molecular weight excluding hydrogens is 532 g/mol. The summed E-state index contributed by atoms with van der Waals surface area (Å²) in [5.74, 6) is -1.57. The van der Waals surface area contributed by atoms with Crippen LogP contribution in [-0.4, -0.2) is 47.6 Å². The molecule has 1 amide bonds. The lowest BCUT2D eigenvalue weighted by molar-refractivity contribution is -0.132. The van der Waals surface area contributed by atoms with E-state index in [4.69, 9.17) is 14.2 Å². The van der Waals surface area contributed by atoms with Gasteiger partial charge in [0, 0.05) is 5.56 Å². The average Bonchev–Trinajstić information content (AvgIpc) is 3.47. The average molecular weight is 563 g/mol. The van der Waals surface area contributed by atoms with Gasteiger partial charge in [0.2, 0.25) is 0 Å². The lowest BCUT2D eigenvalue weighted by Crippen LogP contribution is -2.29. The van der Waals surface area contributed by atoms with E-state index >= 15 is 0 Å². The molecular formula is C30H30N2O7S. The lowest BCUT2D eigenvalue weighted by Gasteiger charge is -2.23. The molecule has 2 aromatic carbocycles. The van der Waals surface area contributed by atoms with Crippen LogP contribution in [0.5, 0.6) is 11.5 Å². The zero-order valence-corrected chi connectivity index (χ0v) is 23.3. The molecule has 1 fully saturated rings. The zero-order valence-electron chi connectivity index (χ0n) is 22.5. The third-order valence-electron chi connectivity index (χ3n) is 6.04. The highest BCUT2D eigenvalue weighted by Crippen LogP contribution is 2.44. The molecule has 1 N–H and O–H groups in total. The molecule has 0 saturated carbocycles. The summed E-state index contributed by atoms with van der Waals surface area (Å²) in [6, 6.07) is 12.6. The van der Waals surface area contributed by atoms with Gasteiger partial charge in [-0.25, -0.2) is 9.78 Å². The van der Waals surface area contributed by atoms with E-state index in [0.717, 1.165) is 17.8 Å². The molecule has 1 aliphatic rings. The molecule has 0 spiro atoms. The number of carbonyl (C=O) groups excluding carboxylic acids is 3. The monoisotopic (exact) mass is 562 g/mol. The van der Waals surface area contributed by atoms with Gasteiger partial charge in [0.25, 0.3) is 5.78 Å². The molecule has 3 aromatic rings. The van der Waals surface area contributed by atoms with E-state index in [2.05, 4.69) is 11.6 Å². The number of hydrogen-bond donors (Lipinski definition) is 1. The lowest BCUT2D eigenvalue weighted by atomic mass is 9.95. The number of nitrogens with zero attached hydrogens (tertiary/aromatic N) is 2. The number of aliphatic hydroxyl groups excluding tert-OH is 1. The molecule has 4 rings (SSSR count).